The summed E-state index contributed by atoms with van der Waals surface area (Å²) in [6, 6.07) is 8.27. The van der Waals surface area contributed by atoms with Crippen LogP contribution in [0, 0.1) is 6.92 Å². The Hall–Kier alpha value is -1.61. The van der Waals surface area contributed by atoms with Gasteiger partial charge in [-0.3, -0.25) is 0 Å². The van der Waals surface area contributed by atoms with Crippen LogP contribution in [0.5, 0.6) is 0 Å². The zero-order chi connectivity index (χ0) is 11.8. The standard InChI is InChI=1S/C14H16N2O/c1-10-4-2-3-5-12(10)13-9-16-7-6-11(17)8-14(16)15-13/h2-5,9,11,17H,6-8H2,1H3. The minimum absolute atomic E-state index is 0.227. The third-order valence-corrected chi connectivity index (χ3v) is 3.40. The van der Waals surface area contributed by atoms with Gasteiger partial charge < -0.3 is 9.67 Å². The zero-order valence-corrected chi connectivity index (χ0v) is 9.93. The highest BCUT2D eigenvalue weighted by molar-refractivity contribution is 5.62. The van der Waals surface area contributed by atoms with E-state index in [9.17, 15) is 5.11 Å². The molecule has 0 radical (unpaired) electrons. The molecule has 3 heteroatoms. The minimum atomic E-state index is -0.227. The Morgan fingerprint density at radius 1 is 1.35 bits per heavy atom. The normalized spacial score (nSPS) is 19.1. The molecule has 2 heterocycles. The van der Waals surface area contributed by atoms with Gasteiger partial charge in [0.2, 0.25) is 0 Å². The number of benzene rings is 1. The number of aryl methyl sites for hydroxylation is 2. The van der Waals surface area contributed by atoms with Crippen molar-refractivity contribution < 1.29 is 5.11 Å². The number of aliphatic hydroxyl groups excluding tert-OH is 1. The first-order valence-corrected chi connectivity index (χ1v) is 6.04. The van der Waals surface area contributed by atoms with Crippen LogP contribution in [0.2, 0.25) is 0 Å². The van der Waals surface area contributed by atoms with Gasteiger partial charge in [-0.15, -0.1) is 0 Å². The molecule has 1 atom stereocenters. The lowest BCUT2D eigenvalue weighted by molar-refractivity contribution is 0.141. The van der Waals surface area contributed by atoms with Gasteiger partial charge >= 0.3 is 0 Å². The predicted octanol–water partition coefficient (Wildman–Crippen LogP) is 2.17. The average molecular weight is 228 g/mol. The second kappa shape index (κ2) is 4.00. The Morgan fingerprint density at radius 3 is 3.00 bits per heavy atom. The summed E-state index contributed by atoms with van der Waals surface area (Å²) in [6.07, 6.45) is 3.38. The van der Waals surface area contributed by atoms with E-state index in [1.54, 1.807) is 0 Å². The van der Waals surface area contributed by atoms with Gasteiger partial charge in [-0.05, 0) is 18.9 Å². The van der Waals surface area contributed by atoms with E-state index in [4.69, 9.17) is 0 Å². The molecular weight excluding hydrogens is 212 g/mol. The highest BCUT2D eigenvalue weighted by Crippen LogP contribution is 2.25. The molecule has 3 nitrogen and oxygen atoms in total. The number of hydrogen-bond donors (Lipinski definition) is 1. The summed E-state index contributed by atoms with van der Waals surface area (Å²) in [4.78, 5) is 4.64. The number of rotatable bonds is 1. The van der Waals surface area contributed by atoms with Crippen LogP contribution in [-0.4, -0.2) is 20.8 Å². The number of aromatic nitrogens is 2. The summed E-state index contributed by atoms with van der Waals surface area (Å²) < 4.78 is 2.16. The Morgan fingerprint density at radius 2 is 2.18 bits per heavy atom. The fourth-order valence-electron chi connectivity index (χ4n) is 2.40. The van der Waals surface area contributed by atoms with Crippen LogP contribution in [0.1, 0.15) is 17.8 Å². The number of fused-ring (bicyclic) bond motifs is 1. The smallest absolute Gasteiger partial charge is 0.112 e. The highest BCUT2D eigenvalue weighted by atomic mass is 16.3. The number of nitrogens with zero attached hydrogens (tertiary/aromatic N) is 2. The lowest BCUT2D eigenvalue weighted by Gasteiger charge is -2.18. The fraction of sp³-hybridized carbons (Fsp3) is 0.357. The van der Waals surface area contributed by atoms with Gasteiger partial charge in [0.25, 0.3) is 0 Å². The van der Waals surface area contributed by atoms with Gasteiger partial charge in [-0.25, -0.2) is 4.98 Å². The molecule has 1 unspecified atom stereocenters. The molecule has 88 valence electrons. The number of hydrogen-bond acceptors (Lipinski definition) is 2. The van der Waals surface area contributed by atoms with Crippen LogP contribution in [0.4, 0.5) is 0 Å². The van der Waals surface area contributed by atoms with Crippen LogP contribution in [0.15, 0.2) is 30.5 Å². The lowest BCUT2D eigenvalue weighted by atomic mass is 10.1. The molecule has 1 N–H and O–H groups in total. The number of aliphatic hydroxyl groups is 1. The van der Waals surface area contributed by atoms with Crippen LogP contribution in [-0.2, 0) is 13.0 Å². The molecule has 1 aromatic heterocycles. The van der Waals surface area contributed by atoms with Crippen molar-refractivity contribution in [3.05, 3.63) is 41.9 Å². The number of imidazole rings is 1. The van der Waals surface area contributed by atoms with E-state index in [-0.39, 0.29) is 6.10 Å². The third-order valence-electron chi connectivity index (χ3n) is 3.40. The summed E-state index contributed by atoms with van der Waals surface area (Å²) in [5, 5.41) is 9.64. The average Bonchev–Trinajstić information content (AvgIpc) is 2.72. The Labute approximate surface area is 101 Å². The second-order valence-corrected chi connectivity index (χ2v) is 4.70. The topological polar surface area (TPSA) is 38.0 Å². The van der Waals surface area contributed by atoms with Crippen molar-refractivity contribution in [3.63, 3.8) is 0 Å². The maximum Gasteiger partial charge on any atom is 0.112 e. The Balaban J connectivity index is 2.03. The van der Waals surface area contributed by atoms with Crippen molar-refractivity contribution >= 4 is 0 Å². The van der Waals surface area contributed by atoms with E-state index in [0.717, 1.165) is 24.5 Å². The Kier molecular flexibility index (Phi) is 2.48. The SMILES string of the molecule is Cc1ccccc1-c1cn2c(n1)CC(O)CC2. The first-order valence-electron chi connectivity index (χ1n) is 6.04. The molecule has 0 saturated carbocycles. The molecule has 1 aliphatic rings. The molecule has 0 amide bonds. The maximum atomic E-state index is 9.64. The monoisotopic (exact) mass is 228 g/mol. The molecule has 0 bridgehead atoms. The molecule has 0 fully saturated rings. The van der Waals surface area contributed by atoms with E-state index < -0.39 is 0 Å². The molecule has 17 heavy (non-hydrogen) atoms. The summed E-state index contributed by atoms with van der Waals surface area (Å²) in [7, 11) is 0. The third kappa shape index (κ3) is 1.87. The molecular formula is C14H16N2O. The van der Waals surface area contributed by atoms with Crippen LogP contribution in [0.3, 0.4) is 0 Å². The van der Waals surface area contributed by atoms with Crippen molar-refractivity contribution in [2.75, 3.05) is 0 Å². The van der Waals surface area contributed by atoms with Crippen LogP contribution < -0.4 is 0 Å². The molecule has 0 saturated heterocycles. The van der Waals surface area contributed by atoms with E-state index >= 15 is 0 Å². The van der Waals surface area contributed by atoms with Crippen LogP contribution in [0.25, 0.3) is 11.3 Å². The van der Waals surface area contributed by atoms with Crippen molar-refractivity contribution in [2.45, 2.75) is 32.4 Å². The first kappa shape index (κ1) is 10.5. The molecule has 1 aliphatic heterocycles. The van der Waals surface area contributed by atoms with Crippen molar-refractivity contribution in [3.8, 4) is 11.3 Å². The summed E-state index contributed by atoms with van der Waals surface area (Å²) in [5.41, 5.74) is 3.44. The maximum absolute atomic E-state index is 9.64. The fourth-order valence-corrected chi connectivity index (χ4v) is 2.40. The highest BCUT2D eigenvalue weighted by Gasteiger charge is 2.19. The van der Waals surface area contributed by atoms with Gasteiger partial charge in [0, 0.05) is 24.7 Å². The first-order chi connectivity index (χ1) is 8.24. The predicted molar refractivity (Wildman–Crippen MR) is 66.7 cm³/mol. The molecule has 0 spiro atoms. The van der Waals surface area contributed by atoms with Gasteiger partial charge in [0.15, 0.2) is 0 Å². The molecule has 1 aromatic carbocycles. The molecule has 0 aliphatic carbocycles. The van der Waals surface area contributed by atoms with Gasteiger partial charge in [-0.1, -0.05) is 24.3 Å². The molecule has 3 rings (SSSR count). The van der Waals surface area contributed by atoms with Gasteiger partial charge in [0.05, 0.1) is 11.8 Å². The summed E-state index contributed by atoms with van der Waals surface area (Å²) in [5.74, 6) is 1.00. The summed E-state index contributed by atoms with van der Waals surface area (Å²) in [6.45, 7) is 2.97. The van der Waals surface area contributed by atoms with E-state index in [1.807, 2.05) is 12.1 Å². The van der Waals surface area contributed by atoms with Crippen molar-refractivity contribution in [1.82, 2.24) is 9.55 Å². The van der Waals surface area contributed by atoms with Crippen molar-refractivity contribution in [2.24, 2.45) is 0 Å². The van der Waals surface area contributed by atoms with Gasteiger partial charge in [-0.2, -0.15) is 0 Å². The molecule has 2 aromatic rings. The summed E-state index contributed by atoms with van der Waals surface area (Å²) >= 11 is 0. The largest absolute Gasteiger partial charge is 0.393 e. The quantitative estimate of drug-likeness (QED) is 0.812. The van der Waals surface area contributed by atoms with E-state index in [2.05, 4.69) is 34.8 Å². The van der Waals surface area contributed by atoms with Crippen molar-refractivity contribution in [1.29, 1.82) is 0 Å². The lowest BCUT2D eigenvalue weighted by Crippen LogP contribution is -2.22. The van der Waals surface area contributed by atoms with E-state index in [1.165, 1.54) is 11.1 Å². The van der Waals surface area contributed by atoms with Crippen LogP contribution >= 0.6 is 0 Å². The van der Waals surface area contributed by atoms with E-state index in [0.29, 0.717) is 6.42 Å². The van der Waals surface area contributed by atoms with Gasteiger partial charge in [0.1, 0.15) is 5.82 Å². The zero-order valence-electron chi connectivity index (χ0n) is 9.93. The minimum Gasteiger partial charge on any atom is -0.393 e. The second-order valence-electron chi connectivity index (χ2n) is 4.70. The Bertz CT molecular complexity index is 545.